The molecule has 1 N–H and O–H groups in total. The maximum absolute atomic E-state index is 11.0. The van der Waals surface area contributed by atoms with Gasteiger partial charge in [-0.05, 0) is 0 Å². The Morgan fingerprint density at radius 2 is 2.33 bits per heavy atom. The molecule has 1 aliphatic heterocycles. The van der Waals surface area contributed by atoms with Crippen LogP contribution in [0.2, 0.25) is 0 Å². The van der Waals surface area contributed by atoms with Crippen molar-refractivity contribution < 1.29 is 14.4 Å². The van der Waals surface area contributed by atoms with Crippen LogP contribution in [-0.2, 0) is 9.30 Å². The second kappa shape index (κ2) is 4.73. The Bertz CT molecular complexity index is 178. The fourth-order valence-corrected chi connectivity index (χ4v) is 2.82. The molecule has 0 aromatic rings. The molecule has 6 heteroatoms. The third kappa shape index (κ3) is 2.82. The average molecular weight is 232 g/mol. The van der Waals surface area contributed by atoms with E-state index in [4.69, 9.17) is 27.9 Å². The molecular weight excluding hydrogens is 222 g/mol. The van der Waals surface area contributed by atoms with E-state index in [1.807, 2.05) is 0 Å². The first-order valence-corrected chi connectivity index (χ1v) is 6.19. The van der Waals surface area contributed by atoms with Crippen molar-refractivity contribution in [3.05, 3.63) is 0 Å². The van der Waals surface area contributed by atoms with Crippen molar-refractivity contribution in [3.8, 4) is 0 Å². The summed E-state index contributed by atoms with van der Waals surface area (Å²) in [6.07, 6.45) is -0.365. The average Bonchev–Trinajstić information content (AvgIpc) is 2.30. The predicted octanol–water partition coefficient (Wildman–Crippen LogP) is 1.38. The van der Waals surface area contributed by atoms with Crippen LogP contribution < -0.4 is 0 Å². The van der Waals surface area contributed by atoms with Crippen molar-refractivity contribution in [2.75, 3.05) is 18.2 Å². The van der Waals surface area contributed by atoms with Crippen LogP contribution in [0.1, 0.15) is 0 Å². The van der Waals surface area contributed by atoms with E-state index >= 15 is 0 Å². The minimum atomic E-state index is -1.31. The third-order valence-corrected chi connectivity index (χ3v) is 3.89. The zero-order valence-corrected chi connectivity index (χ0v) is 8.73. The van der Waals surface area contributed by atoms with E-state index in [0.29, 0.717) is 12.3 Å². The first-order valence-electron chi connectivity index (χ1n) is 3.59. The molecule has 0 aromatic heterocycles. The van der Waals surface area contributed by atoms with Crippen LogP contribution in [-0.4, -0.2) is 41.1 Å². The molecule has 1 rings (SSSR count). The second-order valence-corrected chi connectivity index (χ2v) is 5.14. The molecule has 1 fully saturated rings. The number of halogens is 2. The lowest BCUT2D eigenvalue weighted by molar-refractivity contribution is -0.0157. The minimum Gasteiger partial charge on any atom is -0.386 e. The normalized spacial score (nSPS) is 35.4. The Kier molecular flexibility index (Phi) is 4.21. The van der Waals surface area contributed by atoms with Crippen LogP contribution in [0.3, 0.4) is 0 Å². The van der Waals surface area contributed by atoms with Crippen molar-refractivity contribution in [1.82, 2.24) is 0 Å². The van der Waals surface area contributed by atoms with Gasteiger partial charge in [0.15, 0.2) is 12.3 Å². The standard InChI is InChI=1S/C6H10Cl2O3P/c7-1-6(8)11-5-3-12(10)2-4(5)9/h4-6,9H,1-3H2/q+1. The Labute approximate surface area is 81.8 Å². The lowest BCUT2D eigenvalue weighted by atomic mass is 10.3. The van der Waals surface area contributed by atoms with E-state index in [9.17, 15) is 9.67 Å². The zero-order chi connectivity index (χ0) is 9.14. The minimum absolute atomic E-state index is 0.168. The number of ether oxygens (including phenoxy) is 1. The largest absolute Gasteiger partial charge is 0.386 e. The summed E-state index contributed by atoms with van der Waals surface area (Å²) in [5.74, 6) is 0.168. The molecular formula is C6H10Cl2O3P+. The van der Waals surface area contributed by atoms with Crippen LogP contribution in [0.15, 0.2) is 0 Å². The van der Waals surface area contributed by atoms with Gasteiger partial charge in [0, 0.05) is 0 Å². The number of aliphatic hydroxyl groups excluding tert-OH is 1. The molecule has 0 aromatic carbocycles. The predicted molar refractivity (Wildman–Crippen MR) is 48.6 cm³/mol. The van der Waals surface area contributed by atoms with Gasteiger partial charge < -0.3 is 9.84 Å². The highest BCUT2D eigenvalue weighted by atomic mass is 35.5. The number of alkyl halides is 2. The SMILES string of the molecule is O=[P+]1CC(O)C(OC(Cl)CCl)C1. The van der Waals surface area contributed by atoms with Crippen molar-refractivity contribution in [3.63, 3.8) is 0 Å². The van der Waals surface area contributed by atoms with Gasteiger partial charge in [0.1, 0.15) is 17.8 Å². The first kappa shape index (κ1) is 10.7. The number of aliphatic hydroxyl groups is 1. The molecule has 3 nitrogen and oxygen atoms in total. The molecule has 0 bridgehead atoms. The highest BCUT2D eigenvalue weighted by Gasteiger charge is 2.42. The fourth-order valence-electron chi connectivity index (χ4n) is 1.08. The Balaban J connectivity index is 2.37. The second-order valence-electron chi connectivity index (χ2n) is 2.65. The number of hydrogen-bond donors (Lipinski definition) is 1. The van der Waals surface area contributed by atoms with Crippen molar-refractivity contribution in [1.29, 1.82) is 0 Å². The van der Waals surface area contributed by atoms with E-state index in [1.54, 1.807) is 0 Å². The number of hydrogen-bond acceptors (Lipinski definition) is 3. The van der Waals surface area contributed by atoms with Crippen molar-refractivity contribution >= 4 is 31.0 Å². The third-order valence-electron chi connectivity index (χ3n) is 1.65. The molecule has 0 saturated carbocycles. The van der Waals surface area contributed by atoms with Gasteiger partial charge in [0.25, 0.3) is 0 Å². The summed E-state index contributed by atoms with van der Waals surface area (Å²) in [4.78, 5) is 0. The summed E-state index contributed by atoms with van der Waals surface area (Å²) in [6.45, 7) is 0. The fraction of sp³-hybridized carbons (Fsp3) is 1.00. The molecule has 0 amide bonds. The Morgan fingerprint density at radius 3 is 2.75 bits per heavy atom. The quantitative estimate of drug-likeness (QED) is 0.590. The molecule has 1 aliphatic rings. The summed E-state index contributed by atoms with van der Waals surface area (Å²) >= 11 is 11.0. The molecule has 0 radical (unpaired) electrons. The van der Waals surface area contributed by atoms with Gasteiger partial charge in [-0.15, -0.1) is 11.6 Å². The molecule has 4 atom stereocenters. The highest BCUT2D eigenvalue weighted by molar-refractivity contribution is 7.45. The highest BCUT2D eigenvalue weighted by Crippen LogP contribution is 2.34. The number of rotatable bonds is 3. The Morgan fingerprint density at radius 1 is 1.67 bits per heavy atom. The van der Waals surface area contributed by atoms with Crippen LogP contribution in [0, 0.1) is 0 Å². The van der Waals surface area contributed by atoms with Gasteiger partial charge in [-0.25, -0.2) is 0 Å². The van der Waals surface area contributed by atoms with Gasteiger partial charge in [-0.1, -0.05) is 16.2 Å². The molecule has 1 heterocycles. The maximum atomic E-state index is 11.0. The van der Waals surface area contributed by atoms with Crippen LogP contribution in [0.25, 0.3) is 0 Å². The van der Waals surface area contributed by atoms with E-state index in [-0.39, 0.29) is 5.88 Å². The summed E-state index contributed by atoms with van der Waals surface area (Å²) in [5, 5.41) is 9.29. The van der Waals surface area contributed by atoms with Gasteiger partial charge in [0.05, 0.1) is 5.88 Å². The molecule has 12 heavy (non-hydrogen) atoms. The molecule has 1 saturated heterocycles. The zero-order valence-electron chi connectivity index (χ0n) is 6.32. The molecule has 0 aliphatic carbocycles. The molecule has 4 unspecified atom stereocenters. The van der Waals surface area contributed by atoms with Gasteiger partial charge in [-0.2, -0.15) is 0 Å². The van der Waals surface area contributed by atoms with Gasteiger partial charge in [0.2, 0.25) is 0 Å². The smallest absolute Gasteiger partial charge is 0.344 e. The Hall–Kier alpha value is 0.600. The molecule has 0 spiro atoms. The van der Waals surface area contributed by atoms with Gasteiger partial charge >= 0.3 is 7.80 Å². The van der Waals surface area contributed by atoms with Crippen molar-refractivity contribution in [2.45, 2.75) is 17.8 Å². The maximum Gasteiger partial charge on any atom is 0.344 e. The van der Waals surface area contributed by atoms with E-state index in [0.717, 1.165) is 0 Å². The first-order chi connectivity index (χ1) is 5.63. The van der Waals surface area contributed by atoms with Crippen LogP contribution in [0.4, 0.5) is 0 Å². The summed E-state index contributed by atoms with van der Waals surface area (Å²) in [6, 6.07) is 0. The topological polar surface area (TPSA) is 46.5 Å². The summed E-state index contributed by atoms with van der Waals surface area (Å²) in [5.41, 5.74) is -0.604. The monoisotopic (exact) mass is 231 g/mol. The molecule has 70 valence electrons. The summed E-state index contributed by atoms with van der Waals surface area (Å²) < 4.78 is 16.1. The van der Waals surface area contributed by atoms with E-state index in [2.05, 4.69) is 0 Å². The van der Waals surface area contributed by atoms with Crippen LogP contribution >= 0.6 is 31.0 Å². The van der Waals surface area contributed by atoms with E-state index in [1.165, 1.54) is 0 Å². The van der Waals surface area contributed by atoms with Crippen LogP contribution in [0.5, 0.6) is 0 Å². The lowest BCUT2D eigenvalue weighted by Crippen LogP contribution is -2.30. The lowest BCUT2D eigenvalue weighted by Gasteiger charge is -2.14. The van der Waals surface area contributed by atoms with E-state index < -0.39 is 25.6 Å². The van der Waals surface area contributed by atoms with Gasteiger partial charge in [-0.3, -0.25) is 0 Å². The van der Waals surface area contributed by atoms with Crippen molar-refractivity contribution in [2.24, 2.45) is 0 Å². The summed E-state index contributed by atoms with van der Waals surface area (Å²) in [7, 11) is -1.31.